The zero-order valence-corrected chi connectivity index (χ0v) is 15.3. The zero-order chi connectivity index (χ0) is 16.7. The number of hydrogen-bond acceptors (Lipinski definition) is 4. The van der Waals surface area contributed by atoms with E-state index in [0.29, 0.717) is 22.9 Å². The van der Waals surface area contributed by atoms with Crippen molar-refractivity contribution in [3.05, 3.63) is 16.5 Å². The van der Waals surface area contributed by atoms with E-state index in [9.17, 15) is 8.42 Å². The van der Waals surface area contributed by atoms with E-state index in [1.54, 1.807) is 6.07 Å². The van der Waals surface area contributed by atoms with Crippen LogP contribution in [-0.2, 0) is 10.0 Å². The Morgan fingerprint density at radius 3 is 2.61 bits per heavy atom. The summed E-state index contributed by atoms with van der Waals surface area (Å²) in [6.07, 6.45) is 7.22. The quantitative estimate of drug-likeness (QED) is 0.306. The molecule has 1 aromatic rings. The Morgan fingerprint density at radius 1 is 1.30 bits per heavy atom. The fourth-order valence-electron chi connectivity index (χ4n) is 2.55. The third-order valence-corrected chi connectivity index (χ3v) is 6.89. The fourth-order valence-corrected chi connectivity index (χ4v) is 5.10. The summed E-state index contributed by atoms with van der Waals surface area (Å²) in [6.45, 7) is 0.495. The van der Waals surface area contributed by atoms with Crippen molar-refractivity contribution in [2.45, 2.75) is 48.8 Å². The molecule has 9 heteroatoms. The Bertz CT molecular complexity index is 622. The summed E-state index contributed by atoms with van der Waals surface area (Å²) in [6, 6.07) is 3.43. The first-order valence-electron chi connectivity index (χ1n) is 7.79. The van der Waals surface area contributed by atoms with Crippen LogP contribution in [0.1, 0.15) is 38.5 Å². The first kappa shape index (κ1) is 18.5. The van der Waals surface area contributed by atoms with Crippen molar-refractivity contribution >= 4 is 38.9 Å². The standard InChI is InChI=1S/C14H23ClN4O2S2/c15-12-7-8-13(22-12)23(20,21)18-10-9-17-14(16)19-11-5-3-1-2-4-6-11/h7-8,11,18H,1-6,9-10H2,(H3,16,17,19). The number of sulfonamides is 1. The minimum absolute atomic E-state index is 0.199. The fraction of sp³-hybridized carbons (Fsp3) is 0.643. The molecule has 130 valence electrons. The molecule has 0 amide bonds. The predicted molar refractivity (Wildman–Crippen MR) is 95.6 cm³/mol. The number of nitrogens with two attached hydrogens (primary N) is 1. The van der Waals surface area contributed by atoms with Gasteiger partial charge in [0.1, 0.15) is 4.21 Å². The third kappa shape index (κ3) is 6.29. The van der Waals surface area contributed by atoms with E-state index >= 15 is 0 Å². The van der Waals surface area contributed by atoms with Gasteiger partial charge in [0, 0.05) is 12.6 Å². The number of halogens is 1. The summed E-state index contributed by atoms with van der Waals surface area (Å²) in [5.74, 6) is 0.385. The minimum Gasteiger partial charge on any atom is -0.370 e. The van der Waals surface area contributed by atoms with E-state index in [-0.39, 0.29) is 10.8 Å². The van der Waals surface area contributed by atoms with Crippen LogP contribution in [0.4, 0.5) is 0 Å². The van der Waals surface area contributed by atoms with Crippen LogP contribution >= 0.6 is 22.9 Å². The highest BCUT2D eigenvalue weighted by molar-refractivity contribution is 7.91. The SMILES string of the molecule is NC(=NCCNS(=O)(=O)c1ccc(Cl)s1)NC1CCCCCC1. The van der Waals surface area contributed by atoms with E-state index in [1.807, 2.05) is 0 Å². The summed E-state index contributed by atoms with van der Waals surface area (Å²) < 4.78 is 27.1. The van der Waals surface area contributed by atoms with Crippen LogP contribution in [0, 0.1) is 0 Å². The van der Waals surface area contributed by atoms with Crippen molar-refractivity contribution in [1.29, 1.82) is 0 Å². The number of aliphatic imine (C=N–C) groups is 1. The molecule has 1 aliphatic carbocycles. The summed E-state index contributed by atoms with van der Waals surface area (Å²) in [5, 5.41) is 3.23. The molecule has 1 aromatic heterocycles. The molecule has 0 unspecified atom stereocenters. The van der Waals surface area contributed by atoms with E-state index < -0.39 is 10.0 Å². The van der Waals surface area contributed by atoms with Crippen LogP contribution in [0.3, 0.4) is 0 Å². The van der Waals surface area contributed by atoms with Crippen LogP contribution in [0.25, 0.3) is 0 Å². The van der Waals surface area contributed by atoms with Crippen molar-refractivity contribution in [2.75, 3.05) is 13.1 Å². The van der Waals surface area contributed by atoms with Crippen molar-refractivity contribution in [1.82, 2.24) is 10.0 Å². The number of nitrogens with zero attached hydrogens (tertiary/aromatic N) is 1. The molecule has 0 aromatic carbocycles. The highest BCUT2D eigenvalue weighted by Crippen LogP contribution is 2.25. The number of thiophene rings is 1. The number of rotatable bonds is 6. The van der Waals surface area contributed by atoms with Gasteiger partial charge in [0.15, 0.2) is 5.96 Å². The van der Waals surface area contributed by atoms with Crippen LogP contribution in [-0.4, -0.2) is 33.5 Å². The maximum absolute atomic E-state index is 12.0. The van der Waals surface area contributed by atoms with Gasteiger partial charge in [-0.15, -0.1) is 11.3 Å². The second kappa shape index (κ2) is 8.86. The van der Waals surface area contributed by atoms with Gasteiger partial charge in [-0.25, -0.2) is 13.1 Å². The Balaban J connectivity index is 1.75. The van der Waals surface area contributed by atoms with Crippen molar-refractivity contribution in [2.24, 2.45) is 10.7 Å². The molecule has 0 aliphatic heterocycles. The molecule has 1 aliphatic rings. The second-order valence-corrected chi connectivity index (χ2v) is 9.26. The van der Waals surface area contributed by atoms with Crippen LogP contribution < -0.4 is 15.8 Å². The molecule has 23 heavy (non-hydrogen) atoms. The highest BCUT2D eigenvalue weighted by atomic mass is 35.5. The lowest BCUT2D eigenvalue weighted by atomic mass is 10.1. The molecule has 1 saturated carbocycles. The normalized spacial score (nSPS) is 17.9. The maximum atomic E-state index is 12.0. The first-order valence-corrected chi connectivity index (χ1v) is 10.5. The molecule has 0 saturated heterocycles. The lowest BCUT2D eigenvalue weighted by Gasteiger charge is -2.16. The molecule has 6 nitrogen and oxygen atoms in total. The van der Waals surface area contributed by atoms with Crippen LogP contribution in [0.5, 0.6) is 0 Å². The molecule has 0 radical (unpaired) electrons. The van der Waals surface area contributed by atoms with Crippen molar-refractivity contribution in [3.8, 4) is 0 Å². The lowest BCUT2D eigenvalue weighted by Crippen LogP contribution is -2.40. The van der Waals surface area contributed by atoms with Crippen LogP contribution in [0.2, 0.25) is 4.34 Å². The first-order chi connectivity index (χ1) is 11.0. The minimum atomic E-state index is -3.52. The van der Waals surface area contributed by atoms with Gasteiger partial charge in [-0.05, 0) is 25.0 Å². The maximum Gasteiger partial charge on any atom is 0.250 e. The molecule has 1 heterocycles. The van der Waals surface area contributed by atoms with E-state index in [4.69, 9.17) is 17.3 Å². The third-order valence-electron chi connectivity index (χ3n) is 3.71. The topological polar surface area (TPSA) is 96.6 Å². The van der Waals surface area contributed by atoms with Gasteiger partial charge in [-0.3, -0.25) is 4.99 Å². The summed E-state index contributed by atoms with van der Waals surface area (Å²) in [7, 11) is -3.52. The average Bonchev–Trinajstić information content (AvgIpc) is 2.79. The Hall–Kier alpha value is -0.830. The Kier molecular flexibility index (Phi) is 7.13. The molecule has 4 N–H and O–H groups in total. The molecule has 0 spiro atoms. The van der Waals surface area contributed by atoms with E-state index in [1.165, 1.54) is 31.7 Å². The second-order valence-electron chi connectivity index (χ2n) is 5.56. The molecule has 2 rings (SSSR count). The van der Waals surface area contributed by atoms with E-state index in [2.05, 4.69) is 15.0 Å². The average molecular weight is 379 g/mol. The van der Waals surface area contributed by atoms with Gasteiger partial charge in [0.2, 0.25) is 10.0 Å². The van der Waals surface area contributed by atoms with Gasteiger partial charge in [-0.2, -0.15) is 0 Å². The van der Waals surface area contributed by atoms with E-state index in [0.717, 1.165) is 24.2 Å². The number of guanidine groups is 1. The van der Waals surface area contributed by atoms with Crippen molar-refractivity contribution < 1.29 is 8.42 Å². The number of hydrogen-bond donors (Lipinski definition) is 3. The van der Waals surface area contributed by atoms with Gasteiger partial charge in [0.25, 0.3) is 0 Å². The largest absolute Gasteiger partial charge is 0.370 e. The summed E-state index contributed by atoms with van der Waals surface area (Å²) in [5.41, 5.74) is 5.87. The Labute approximate surface area is 146 Å². The van der Waals surface area contributed by atoms with Gasteiger partial charge < -0.3 is 11.1 Å². The molecule has 1 fully saturated rings. The molecular weight excluding hydrogens is 356 g/mol. The summed E-state index contributed by atoms with van der Waals surface area (Å²) >= 11 is 6.78. The smallest absolute Gasteiger partial charge is 0.250 e. The highest BCUT2D eigenvalue weighted by Gasteiger charge is 2.16. The number of nitrogens with one attached hydrogen (secondary N) is 2. The lowest BCUT2D eigenvalue weighted by molar-refractivity contribution is 0.530. The monoisotopic (exact) mass is 378 g/mol. The molecular formula is C14H23ClN4O2S2. The Morgan fingerprint density at radius 2 is 2.00 bits per heavy atom. The van der Waals surface area contributed by atoms with Crippen molar-refractivity contribution in [3.63, 3.8) is 0 Å². The summed E-state index contributed by atoms with van der Waals surface area (Å²) in [4.78, 5) is 4.18. The molecule has 0 atom stereocenters. The van der Waals surface area contributed by atoms with Crippen LogP contribution in [0.15, 0.2) is 21.3 Å². The van der Waals surface area contributed by atoms with Gasteiger partial charge in [0.05, 0.1) is 10.9 Å². The molecule has 0 bridgehead atoms. The van der Waals surface area contributed by atoms with Gasteiger partial charge >= 0.3 is 0 Å². The zero-order valence-electron chi connectivity index (χ0n) is 12.9. The van der Waals surface area contributed by atoms with Gasteiger partial charge in [-0.1, -0.05) is 37.3 Å². The predicted octanol–water partition coefficient (Wildman–Crippen LogP) is 2.31.